The first-order valence-electron chi connectivity index (χ1n) is 35.2. The molecule has 0 amide bonds. The quantitative estimate of drug-likeness (QED) is 0.135. The Bertz CT molecular complexity index is 6750. The first-order chi connectivity index (χ1) is 50.9. The van der Waals surface area contributed by atoms with Gasteiger partial charge in [-0.25, -0.2) is 0 Å². The second-order valence-corrected chi connectivity index (χ2v) is 26.8. The Morgan fingerprint density at radius 3 is 0.757 bits per heavy atom. The van der Waals surface area contributed by atoms with E-state index in [-0.39, 0.29) is 0 Å². The smallest absolute Gasteiger partial charge is 0.0991 e. The highest BCUT2D eigenvalue weighted by atomic mass is 15.0. The molecule has 20 rings (SSSR count). The Hall–Kier alpha value is -13.8. The van der Waals surface area contributed by atoms with Crippen molar-refractivity contribution in [1.29, 1.82) is 5.26 Å². The van der Waals surface area contributed by atoms with Crippen molar-refractivity contribution >= 4 is 87.2 Å². The first kappa shape index (κ1) is 60.4. The van der Waals surface area contributed by atoms with E-state index in [9.17, 15) is 5.26 Å². The summed E-state index contributed by atoms with van der Waals surface area (Å²) < 4.78 is 9.52. The van der Waals surface area contributed by atoms with E-state index in [1.165, 1.54) is 127 Å². The predicted molar refractivity (Wildman–Crippen MR) is 432 cm³/mol. The van der Waals surface area contributed by atoms with Gasteiger partial charge in [0.1, 0.15) is 0 Å². The third kappa shape index (κ3) is 10.6. The fourth-order valence-electron chi connectivity index (χ4n) is 15.9. The lowest BCUT2D eigenvalue weighted by Gasteiger charge is -2.11. The molecule has 4 aromatic heterocycles. The number of nitrogens with zero attached hydrogens (tertiary/aromatic N) is 5. The molecule has 0 saturated heterocycles. The molecular weight excluding hydrogens is 1250 g/mol. The number of aryl methyl sites for hydroxylation is 1. The Morgan fingerprint density at radius 2 is 0.427 bits per heavy atom. The van der Waals surface area contributed by atoms with Crippen LogP contribution < -0.4 is 0 Å². The zero-order valence-corrected chi connectivity index (χ0v) is 56.5. The van der Waals surface area contributed by atoms with E-state index in [0.717, 1.165) is 55.6 Å². The van der Waals surface area contributed by atoms with Gasteiger partial charge in [-0.1, -0.05) is 248 Å². The summed E-state index contributed by atoms with van der Waals surface area (Å²) in [5.41, 5.74) is 30.2. The van der Waals surface area contributed by atoms with Crippen LogP contribution in [0.3, 0.4) is 0 Å². The van der Waals surface area contributed by atoms with Gasteiger partial charge in [0.05, 0.1) is 55.8 Å². The SMILES string of the molecule is Cc1cccc(-c2cccc(-n3c4ccccc4c4cc(-c5ccc6c(c5)c5ccccc5n6-c5cccc(-c6ccccc6)c5)ccc43)c2)c1.N#Cc1ccc2c(c1)c1cc(-c3ccc4c(c3)c3ccccc3n4-c3cccc(-c4ccccc4)c3)ccc1n2-c1cccc(-c2ccccc2)c1. The number of hydrogen-bond acceptors (Lipinski definition) is 1. The predicted octanol–water partition coefficient (Wildman–Crippen LogP) is 25.9. The summed E-state index contributed by atoms with van der Waals surface area (Å²) in [6.07, 6.45) is 0. The Balaban J connectivity index is 0.000000142. The van der Waals surface area contributed by atoms with Crippen molar-refractivity contribution < 1.29 is 0 Å². The summed E-state index contributed by atoms with van der Waals surface area (Å²) in [6.45, 7) is 2.15. The fraction of sp³-hybridized carbons (Fsp3) is 0.0102. The van der Waals surface area contributed by atoms with Gasteiger partial charge < -0.3 is 18.3 Å². The minimum absolute atomic E-state index is 0.653. The number of aromatic nitrogens is 4. The lowest BCUT2D eigenvalue weighted by atomic mass is 10.00. The Labute approximate surface area is 596 Å². The van der Waals surface area contributed by atoms with Crippen LogP contribution in [0.1, 0.15) is 11.1 Å². The van der Waals surface area contributed by atoms with E-state index in [0.29, 0.717) is 5.56 Å². The van der Waals surface area contributed by atoms with Gasteiger partial charge in [0.15, 0.2) is 0 Å². The second kappa shape index (κ2) is 25.2. The number of para-hydroxylation sites is 3. The Morgan fingerprint density at radius 1 is 0.184 bits per heavy atom. The zero-order chi connectivity index (χ0) is 68.5. The summed E-state index contributed by atoms with van der Waals surface area (Å²) in [7, 11) is 0. The van der Waals surface area contributed by atoms with Crippen molar-refractivity contribution in [3.8, 4) is 95.6 Å². The lowest BCUT2D eigenvalue weighted by Crippen LogP contribution is -1.94. The molecule has 0 aliphatic carbocycles. The van der Waals surface area contributed by atoms with Crippen molar-refractivity contribution in [2.75, 3.05) is 0 Å². The highest BCUT2D eigenvalue weighted by molar-refractivity contribution is 6.15. The van der Waals surface area contributed by atoms with Crippen LogP contribution in [0.15, 0.2) is 376 Å². The Kier molecular flexibility index (Phi) is 14.8. The summed E-state index contributed by atoms with van der Waals surface area (Å²) in [5.74, 6) is 0. The monoisotopic (exact) mass is 1310 g/mol. The summed E-state index contributed by atoms with van der Waals surface area (Å²) >= 11 is 0. The van der Waals surface area contributed by atoms with E-state index in [4.69, 9.17) is 0 Å². The molecule has 0 N–H and O–H groups in total. The molecule has 0 bridgehead atoms. The average Bonchev–Trinajstić information content (AvgIpc) is 1.60. The van der Waals surface area contributed by atoms with Gasteiger partial charge in [0.2, 0.25) is 0 Å². The third-order valence-corrected chi connectivity index (χ3v) is 20.7. The molecule has 20 aromatic rings. The topological polar surface area (TPSA) is 43.5 Å². The molecule has 0 aliphatic rings. The standard InChI is InChI=1S/C49H31N3.C49H34N2/c50-32-33-21-24-47-43(27-33)45-31-39(23-26-49(45)52(47)41-18-10-16-37(29-41)35-13-5-2-6-14-35)38-22-25-48-44(30-38)42-19-7-8-20-46(42)51(48)40-17-9-15-36(28-40)34-11-3-1-4-12-34;1-33-12-9-15-35(28-33)37-17-11-19-41(30-37)51-47-23-8-6-21-43(47)45-32-39(25-27-49(45)51)38-24-26-48-44(31-38)42-20-5-7-22-46(42)50(48)40-18-10-16-36(29-40)34-13-3-2-4-14-34/h1-31H;2-32H,1H3. The third-order valence-electron chi connectivity index (χ3n) is 20.7. The number of benzene rings is 16. The maximum absolute atomic E-state index is 9.87. The molecule has 482 valence electrons. The van der Waals surface area contributed by atoms with E-state index in [2.05, 4.69) is 389 Å². The van der Waals surface area contributed by atoms with E-state index in [1.54, 1.807) is 0 Å². The van der Waals surface area contributed by atoms with Gasteiger partial charge in [0, 0.05) is 65.8 Å². The maximum atomic E-state index is 9.87. The molecule has 0 atom stereocenters. The van der Waals surface area contributed by atoms with Crippen LogP contribution in [0.2, 0.25) is 0 Å². The normalized spacial score (nSPS) is 11.5. The van der Waals surface area contributed by atoms with Crippen molar-refractivity contribution in [2.45, 2.75) is 6.92 Å². The van der Waals surface area contributed by atoms with Gasteiger partial charge >= 0.3 is 0 Å². The van der Waals surface area contributed by atoms with E-state index < -0.39 is 0 Å². The number of fused-ring (bicyclic) bond motifs is 12. The van der Waals surface area contributed by atoms with Crippen LogP contribution in [-0.2, 0) is 0 Å². The zero-order valence-electron chi connectivity index (χ0n) is 56.5. The van der Waals surface area contributed by atoms with Gasteiger partial charge in [-0.3, -0.25) is 0 Å². The molecule has 16 aromatic carbocycles. The van der Waals surface area contributed by atoms with Crippen molar-refractivity contribution in [1.82, 2.24) is 18.3 Å². The van der Waals surface area contributed by atoms with Crippen LogP contribution in [0.5, 0.6) is 0 Å². The van der Waals surface area contributed by atoms with Gasteiger partial charge in [-0.15, -0.1) is 0 Å². The number of hydrogen-bond donors (Lipinski definition) is 0. The first-order valence-corrected chi connectivity index (χ1v) is 35.2. The van der Waals surface area contributed by atoms with Crippen LogP contribution >= 0.6 is 0 Å². The highest BCUT2D eigenvalue weighted by Gasteiger charge is 2.21. The molecule has 0 aliphatic heterocycles. The maximum Gasteiger partial charge on any atom is 0.0991 e. The lowest BCUT2D eigenvalue weighted by molar-refractivity contribution is 1.18. The van der Waals surface area contributed by atoms with Crippen LogP contribution in [-0.4, -0.2) is 18.3 Å². The number of nitriles is 1. The minimum atomic E-state index is 0.653. The van der Waals surface area contributed by atoms with Gasteiger partial charge in [-0.2, -0.15) is 5.26 Å². The summed E-state index contributed by atoms with van der Waals surface area (Å²) in [5, 5.41) is 19.5. The van der Waals surface area contributed by atoms with Crippen molar-refractivity contribution in [3.05, 3.63) is 387 Å². The van der Waals surface area contributed by atoms with Gasteiger partial charge in [0.25, 0.3) is 0 Å². The fourth-order valence-corrected chi connectivity index (χ4v) is 15.9. The van der Waals surface area contributed by atoms with Crippen LogP contribution in [0, 0.1) is 18.3 Å². The molecule has 5 nitrogen and oxygen atoms in total. The molecule has 4 heterocycles. The molecular formula is C98H65N5. The van der Waals surface area contributed by atoms with Crippen molar-refractivity contribution in [3.63, 3.8) is 0 Å². The van der Waals surface area contributed by atoms with E-state index in [1.807, 2.05) is 18.2 Å². The van der Waals surface area contributed by atoms with Crippen LogP contribution in [0.25, 0.3) is 177 Å². The molecule has 0 spiro atoms. The van der Waals surface area contributed by atoms with Crippen LogP contribution in [0.4, 0.5) is 0 Å². The summed E-state index contributed by atoms with van der Waals surface area (Å²) in [6, 6.07) is 138. The van der Waals surface area contributed by atoms with Crippen molar-refractivity contribution in [2.24, 2.45) is 0 Å². The number of rotatable bonds is 10. The molecule has 0 unspecified atom stereocenters. The minimum Gasteiger partial charge on any atom is -0.309 e. The molecule has 0 radical (unpaired) electrons. The highest BCUT2D eigenvalue weighted by Crippen LogP contribution is 2.43. The second-order valence-electron chi connectivity index (χ2n) is 26.8. The molecule has 5 heteroatoms. The molecule has 103 heavy (non-hydrogen) atoms. The van der Waals surface area contributed by atoms with Gasteiger partial charge in [-0.05, 0) is 207 Å². The molecule has 0 saturated carbocycles. The average molecular weight is 1310 g/mol. The largest absolute Gasteiger partial charge is 0.309 e. The molecule has 0 fully saturated rings. The van der Waals surface area contributed by atoms with E-state index >= 15 is 0 Å². The summed E-state index contributed by atoms with van der Waals surface area (Å²) in [4.78, 5) is 0.